The number of nitrogens with zero attached hydrogens (tertiary/aromatic N) is 1. The van der Waals surface area contributed by atoms with Crippen LogP contribution in [0.3, 0.4) is 0 Å². The highest BCUT2D eigenvalue weighted by Gasteiger charge is 2.15. The van der Waals surface area contributed by atoms with E-state index in [4.69, 9.17) is 0 Å². The van der Waals surface area contributed by atoms with Crippen LogP contribution in [-0.2, 0) is 10.0 Å². The van der Waals surface area contributed by atoms with Gasteiger partial charge in [-0.15, -0.1) is 0 Å². The molecule has 0 radical (unpaired) electrons. The van der Waals surface area contributed by atoms with Gasteiger partial charge in [0.1, 0.15) is 4.90 Å². The molecule has 0 saturated carbocycles. The van der Waals surface area contributed by atoms with Crippen LogP contribution in [0, 0.1) is 13.8 Å². The highest BCUT2D eigenvalue weighted by atomic mass is 79.9. The molecular weight excluding hydrogens is 328 g/mol. The normalized spacial score (nSPS) is 11.3. The molecule has 0 aliphatic heterocycles. The van der Waals surface area contributed by atoms with Gasteiger partial charge in [0.25, 0.3) is 10.0 Å². The van der Waals surface area contributed by atoms with Gasteiger partial charge in [-0.3, -0.25) is 9.71 Å². The average molecular weight is 341 g/mol. The molecule has 0 bridgehead atoms. The lowest BCUT2D eigenvalue weighted by molar-refractivity contribution is 0.600. The number of hydrogen-bond donors (Lipinski definition) is 1. The molecule has 1 heterocycles. The Morgan fingerprint density at radius 1 is 1.05 bits per heavy atom. The van der Waals surface area contributed by atoms with Crippen molar-refractivity contribution in [3.05, 3.63) is 52.3 Å². The molecule has 4 nitrogen and oxygen atoms in total. The Balaban J connectivity index is 2.36. The van der Waals surface area contributed by atoms with Gasteiger partial charge in [-0.05, 0) is 59.1 Å². The summed E-state index contributed by atoms with van der Waals surface area (Å²) in [6.07, 6.45) is 2.85. The van der Waals surface area contributed by atoms with E-state index in [1.54, 1.807) is 12.1 Å². The fourth-order valence-corrected chi connectivity index (χ4v) is 3.33. The molecule has 19 heavy (non-hydrogen) atoms. The number of hydrogen-bond acceptors (Lipinski definition) is 3. The van der Waals surface area contributed by atoms with Gasteiger partial charge in [0.15, 0.2) is 0 Å². The second kappa shape index (κ2) is 5.30. The van der Waals surface area contributed by atoms with E-state index >= 15 is 0 Å². The number of pyridine rings is 1. The molecule has 0 aliphatic carbocycles. The molecule has 2 rings (SSSR count). The largest absolute Gasteiger partial charge is 0.280 e. The average Bonchev–Trinajstić information content (AvgIpc) is 2.26. The minimum absolute atomic E-state index is 0.126. The van der Waals surface area contributed by atoms with E-state index < -0.39 is 10.0 Å². The van der Waals surface area contributed by atoms with E-state index in [-0.39, 0.29) is 4.90 Å². The lowest BCUT2D eigenvalue weighted by atomic mass is 10.1. The van der Waals surface area contributed by atoms with Gasteiger partial charge in [-0.1, -0.05) is 6.07 Å². The first-order valence-electron chi connectivity index (χ1n) is 5.58. The molecule has 1 aromatic heterocycles. The smallest absolute Gasteiger partial charge is 0.263 e. The molecule has 0 amide bonds. The van der Waals surface area contributed by atoms with Crippen molar-refractivity contribution in [2.75, 3.05) is 4.72 Å². The molecule has 100 valence electrons. The third-order valence-electron chi connectivity index (χ3n) is 2.46. The van der Waals surface area contributed by atoms with Crippen molar-refractivity contribution < 1.29 is 8.42 Å². The van der Waals surface area contributed by atoms with Gasteiger partial charge in [0, 0.05) is 22.6 Å². The third-order valence-corrected chi connectivity index (χ3v) is 4.25. The van der Waals surface area contributed by atoms with Gasteiger partial charge >= 0.3 is 0 Å². The van der Waals surface area contributed by atoms with Crippen molar-refractivity contribution in [1.29, 1.82) is 0 Å². The van der Waals surface area contributed by atoms with E-state index in [9.17, 15) is 8.42 Å². The van der Waals surface area contributed by atoms with Crippen molar-refractivity contribution in [3.63, 3.8) is 0 Å². The number of halogens is 1. The van der Waals surface area contributed by atoms with Crippen LogP contribution in [0.5, 0.6) is 0 Å². The minimum Gasteiger partial charge on any atom is -0.280 e. The first-order chi connectivity index (χ1) is 8.87. The Morgan fingerprint density at radius 2 is 1.68 bits per heavy atom. The van der Waals surface area contributed by atoms with E-state index in [0.29, 0.717) is 10.2 Å². The van der Waals surface area contributed by atoms with Crippen LogP contribution in [0.25, 0.3) is 0 Å². The summed E-state index contributed by atoms with van der Waals surface area (Å²) in [6, 6.07) is 7.07. The van der Waals surface area contributed by atoms with Crippen LogP contribution < -0.4 is 4.72 Å². The fraction of sp³-hybridized carbons (Fsp3) is 0.154. The zero-order valence-corrected chi connectivity index (χ0v) is 12.9. The van der Waals surface area contributed by atoms with E-state index in [2.05, 4.69) is 25.6 Å². The number of anilines is 1. The number of aromatic nitrogens is 1. The maximum absolute atomic E-state index is 12.2. The molecule has 2 aromatic rings. The Morgan fingerprint density at radius 3 is 2.26 bits per heavy atom. The monoisotopic (exact) mass is 340 g/mol. The maximum atomic E-state index is 12.2. The van der Waals surface area contributed by atoms with Gasteiger partial charge in [0.05, 0.1) is 0 Å². The summed E-state index contributed by atoms with van der Waals surface area (Å²) in [5.74, 6) is 0. The first-order valence-corrected chi connectivity index (χ1v) is 7.86. The van der Waals surface area contributed by atoms with Crippen LogP contribution in [-0.4, -0.2) is 13.4 Å². The summed E-state index contributed by atoms with van der Waals surface area (Å²) < 4.78 is 27.6. The first kappa shape index (κ1) is 14.0. The zero-order chi connectivity index (χ0) is 14.0. The Labute approximate surface area is 121 Å². The Bertz CT molecular complexity index is 694. The van der Waals surface area contributed by atoms with Crippen LogP contribution in [0.1, 0.15) is 11.1 Å². The molecule has 6 heteroatoms. The van der Waals surface area contributed by atoms with Crippen molar-refractivity contribution in [3.8, 4) is 0 Å². The van der Waals surface area contributed by atoms with Crippen LogP contribution in [0.4, 0.5) is 5.69 Å². The standard InChI is InChI=1S/C13H13BrN2O2S/c1-9-3-10(2)5-12(4-9)16-19(17,18)13-6-11(14)7-15-8-13/h3-8,16H,1-2H3. The predicted octanol–water partition coefficient (Wildman–Crippen LogP) is 3.26. The Kier molecular flexibility index (Phi) is 3.91. The number of rotatable bonds is 3. The predicted molar refractivity (Wildman–Crippen MR) is 78.7 cm³/mol. The number of nitrogens with one attached hydrogen (secondary N) is 1. The highest BCUT2D eigenvalue weighted by molar-refractivity contribution is 9.10. The molecule has 0 atom stereocenters. The zero-order valence-electron chi connectivity index (χ0n) is 10.5. The number of benzene rings is 1. The molecule has 0 saturated heterocycles. The molecule has 0 spiro atoms. The quantitative estimate of drug-likeness (QED) is 0.932. The summed E-state index contributed by atoms with van der Waals surface area (Å²) in [5.41, 5.74) is 2.56. The summed E-state index contributed by atoms with van der Waals surface area (Å²) >= 11 is 3.21. The molecule has 0 unspecified atom stereocenters. The van der Waals surface area contributed by atoms with Crippen molar-refractivity contribution >= 4 is 31.6 Å². The van der Waals surface area contributed by atoms with E-state index in [1.807, 2.05) is 19.9 Å². The SMILES string of the molecule is Cc1cc(C)cc(NS(=O)(=O)c2cncc(Br)c2)c1. The number of sulfonamides is 1. The summed E-state index contributed by atoms with van der Waals surface area (Å²) in [7, 11) is -3.61. The van der Waals surface area contributed by atoms with Gasteiger partial charge in [-0.25, -0.2) is 8.42 Å². The molecule has 0 fully saturated rings. The minimum atomic E-state index is -3.61. The highest BCUT2D eigenvalue weighted by Crippen LogP contribution is 2.20. The van der Waals surface area contributed by atoms with Crippen LogP contribution >= 0.6 is 15.9 Å². The van der Waals surface area contributed by atoms with Crippen LogP contribution in [0.2, 0.25) is 0 Å². The van der Waals surface area contributed by atoms with Crippen LogP contribution in [0.15, 0.2) is 46.0 Å². The van der Waals surface area contributed by atoms with Crippen molar-refractivity contribution in [2.24, 2.45) is 0 Å². The molecule has 0 aliphatic rings. The maximum Gasteiger partial charge on any atom is 0.263 e. The topological polar surface area (TPSA) is 59.1 Å². The van der Waals surface area contributed by atoms with Gasteiger partial charge < -0.3 is 0 Å². The van der Waals surface area contributed by atoms with Gasteiger partial charge in [-0.2, -0.15) is 0 Å². The summed E-state index contributed by atoms with van der Waals surface area (Å²) in [4.78, 5) is 3.99. The Hall–Kier alpha value is -1.40. The second-order valence-electron chi connectivity index (χ2n) is 4.32. The number of aryl methyl sites for hydroxylation is 2. The van der Waals surface area contributed by atoms with E-state index in [1.165, 1.54) is 18.5 Å². The van der Waals surface area contributed by atoms with Crippen molar-refractivity contribution in [1.82, 2.24) is 4.98 Å². The third kappa shape index (κ3) is 3.54. The fourth-order valence-electron chi connectivity index (χ4n) is 1.79. The van der Waals surface area contributed by atoms with Crippen molar-refractivity contribution in [2.45, 2.75) is 18.7 Å². The molecule has 1 aromatic carbocycles. The summed E-state index contributed by atoms with van der Waals surface area (Å²) in [5, 5.41) is 0. The summed E-state index contributed by atoms with van der Waals surface area (Å²) in [6.45, 7) is 3.84. The lowest BCUT2D eigenvalue weighted by Crippen LogP contribution is -2.13. The van der Waals surface area contributed by atoms with E-state index in [0.717, 1.165) is 11.1 Å². The molecule has 1 N–H and O–H groups in total. The lowest BCUT2D eigenvalue weighted by Gasteiger charge is -2.09. The molecular formula is C13H13BrN2O2S. The van der Waals surface area contributed by atoms with Gasteiger partial charge in [0.2, 0.25) is 0 Å². The second-order valence-corrected chi connectivity index (χ2v) is 6.92.